The number of aliphatic hydroxyl groups is 1. The molecule has 5 atom stereocenters. The predicted octanol–water partition coefficient (Wildman–Crippen LogP) is 28.2. The number of phosphoric acid groups is 2. The normalized spacial score (nSPS) is 13.7. The van der Waals surface area contributed by atoms with Gasteiger partial charge in [0.1, 0.15) is 19.3 Å². The van der Waals surface area contributed by atoms with Crippen LogP contribution in [-0.4, -0.2) is 96.7 Å². The zero-order valence-corrected chi connectivity index (χ0v) is 74.4. The van der Waals surface area contributed by atoms with Gasteiger partial charge in [-0.05, 0) is 37.5 Å². The first-order chi connectivity index (χ1) is 53.4. The summed E-state index contributed by atoms with van der Waals surface area (Å²) in [6.07, 6.45) is 76.8. The van der Waals surface area contributed by atoms with Gasteiger partial charge in [-0.25, -0.2) is 9.13 Å². The largest absolute Gasteiger partial charge is 0.472 e. The van der Waals surface area contributed by atoms with Crippen LogP contribution >= 0.6 is 15.6 Å². The van der Waals surface area contributed by atoms with Gasteiger partial charge < -0.3 is 33.8 Å². The van der Waals surface area contributed by atoms with Crippen molar-refractivity contribution in [1.82, 2.24) is 0 Å². The standard InChI is InChI=1S/C91H178O17P2/c1-7-9-11-13-15-17-19-21-23-25-27-29-30-32-34-39-43-47-51-55-63-69-75-90(95)107-86(79-101-88(93)73-67-61-54-50-46-42-38-33-31-28-26-24-22-20-18-16-14-12-10-8-2)81-105-109(97,98)103-77-85(92)78-104-110(99,100)106-82-87(80-102-89(94)74-68-62-58-57-60-66-72-84(5)6)108-91(96)76-70-64-56-52-48-44-40-36-35-37-41-45-49-53-59-65-71-83(3)4/h83-87,92H,7-82H2,1-6H3,(H,97,98)(H,99,100)/t85-,86-,87-/m1/s1. The van der Waals surface area contributed by atoms with Crippen molar-refractivity contribution in [1.29, 1.82) is 0 Å². The summed E-state index contributed by atoms with van der Waals surface area (Å²) in [4.78, 5) is 73.3. The second kappa shape index (κ2) is 82.2. The van der Waals surface area contributed by atoms with Crippen molar-refractivity contribution in [2.45, 2.75) is 509 Å². The van der Waals surface area contributed by atoms with Crippen LogP contribution in [0.1, 0.15) is 491 Å². The van der Waals surface area contributed by atoms with Crippen LogP contribution < -0.4 is 0 Å². The second-order valence-corrected chi connectivity index (χ2v) is 36.6. The molecule has 0 rings (SSSR count). The minimum Gasteiger partial charge on any atom is -0.462 e. The molecule has 3 N–H and O–H groups in total. The smallest absolute Gasteiger partial charge is 0.462 e. The molecular weight excluding hydrogens is 1430 g/mol. The Labute approximate surface area is 677 Å². The fourth-order valence-corrected chi connectivity index (χ4v) is 15.9. The lowest BCUT2D eigenvalue weighted by molar-refractivity contribution is -0.161. The van der Waals surface area contributed by atoms with Crippen molar-refractivity contribution in [2.75, 3.05) is 39.6 Å². The van der Waals surface area contributed by atoms with Crippen LogP contribution in [0.5, 0.6) is 0 Å². The number of carbonyl (C=O) groups excluding carboxylic acids is 4. The third-order valence-electron chi connectivity index (χ3n) is 21.5. The lowest BCUT2D eigenvalue weighted by atomic mass is 10.0. The van der Waals surface area contributed by atoms with Crippen LogP contribution in [-0.2, 0) is 65.4 Å². The molecule has 0 aliphatic heterocycles. The van der Waals surface area contributed by atoms with Gasteiger partial charge in [-0.1, -0.05) is 440 Å². The third kappa shape index (κ3) is 84.0. The molecule has 0 radical (unpaired) electrons. The number of hydrogen-bond donors (Lipinski definition) is 3. The van der Waals surface area contributed by atoms with Crippen molar-refractivity contribution in [2.24, 2.45) is 11.8 Å². The highest BCUT2D eigenvalue weighted by Crippen LogP contribution is 2.45. The SMILES string of the molecule is CCCCCCCCCCCCCCCCCCCCCCCCC(=O)O[C@H](COC(=O)CCCCCCCCCCCCCCCCCCCCCC)COP(=O)(O)OC[C@@H](O)COP(=O)(O)OC[C@@H](COC(=O)CCCCCCCCC(C)C)OC(=O)CCCCCCCCCCCCCCCCCCC(C)C. The number of esters is 4. The maximum absolute atomic E-state index is 13.2. The fourth-order valence-electron chi connectivity index (χ4n) is 14.3. The van der Waals surface area contributed by atoms with E-state index in [0.717, 1.165) is 102 Å². The molecule has 0 spiro atoms. The summed E-state index contributed by atoms with van der Waals surface area (Å²) in [5.74, 6) is -0.612. The van der Waals surface area contributed by atoms with Gasteiger partial charge in [-0.15, -0.1) is 0 Å². The Morgan fingerprint density at radius 3 is 0.618 bits per heavy atom. The predicted molar refractivity (Wildman–Crippen MR) is 455 cm³/mol. The van der Waals surface area contributed by atoms with Crippen molar-refractivity contribution >= 4 is 39.5 Å². The molecule has 2 unspecified atom stereocenters. The fraction of sp³-hybridized carbons (Fsp3) is 0.956. The molecule has 0 amide bonds. The highest BCUT2D eigenvalue weighted by atomic mass is 31.2. The maximum Gasteiger partial charge on any atom is 0.472 e. The van der Waals surface area contributed by atoms with Crippen LogP contribution in [0.25, 0.3) is 0 Å². The van der Waals surface area contributed by atoms with E-state index in [1.807, 2.05) is 0 Å². The Morgan fingerprint density at radius 1 is 0.245 bits per heavy atom. The topological polar surface area (TPSA) is 237 Å². The van der Waals surface area contributed by atoms with E-state index < -0.39 is 97.5 Å². The summed E-state index contributed by atoms with van der Waals surface area (Å²) < 4.78 is 69.0. The number of phosphoric ester groups is 2. The summed E-state index contributed by atoms with van der Waals surface area (Å²) in [5, 5.41) is 10.7. The number of unbranched alkanes of at least 4 members (excludes halogenated alkanes) is 60. The molecule has 0 saturated heterocycles. The van der Waals surface area contributed by atoms with E-state index >= 15 is 0 Å². The molecule has 0 aliphatic carbocycles. The van der Waals surface area contributed by atoms with Crippen LogP contribution in [0.4, 0.5) is 0 Å². The highest BCUT2D eigenvalue weighted by molar-refractivity contribution is 7.47. The minimum absolute atomic E-state index is 0.107. The van der Waals surface area contributed by atoms with Crippen LogP contribution in [0.15, 0.2) is 0 Å². The summed E-state index contributed by atoms with van der Waals surface area (Å²) in [7, 11) is -9.93. The molecule has 654 valence electrons. The molecule has 0 aliphatic rings. The van der Waals surface area contributed by atoms with Crippen molar-refractivity contribution < 1.29 is 80.2 Å². The average Bonchev–Trinajstić information content (AvgIpc) is 0.899. The molecule has 0 aromatic heterocycles. The molecule has 0 aromatic carbocycles. The molecule has 110 heavy (non-hydrogen) atoms. The summed E-state index contributed by atoms with van der Waals surface area (Å²) in [6, 6.07) is 0. The number of rotatable bonds is 90. The van der Waals surface area contributed by atoms with E-state index in [0.29, 0.717) is 31.6 Å². The van der Waals surface area contributed by atoms with Gasteiger partial charge in [-0.3, -0.25) is 37.3 Å². The Kier molecular flexibility index (Phi) is 80.7. The Balaban J connectivity index is 5.19. The van der Waals surface area contributed by atoms with Gasteiger partial charge in [0.05, 0.1) is 26.4 Å². The average molecular weight is 1610 g/mol. The van der Waals surface area contributed by atoms with Crippen molar-refractivity contribution in [3.8, 4) is 0 Å². The zero-order valence-electron chi connectivity index (χ0n) is 72.6. The molecule has 0 aromatic rings. The molecule has 17 nitrogen and oxygen atoms in total. The monoisotopic (exact) mass is 1610 g/mol. The van der Waals surface area contributed by atoms with Gasteiger partial charge in [0.2, 0.25) is 0 Å². The van der Waals surface area contributed by atoms with Gasteiger partial charge >= 0.3 is 39.5 Å². The van der Waals surface area contributed by atoms with Crippen LogP contribution in [0, 0.1) is 11.8 Å². The molecule has 0 bridgehead atoms. The maximum atomic E-state index is 13.2. The molecule has 0 fully saturated rings. The highest BCUT2D eigenvalue weighted by Gasteiger charge is 2.31. The van der Waals surface area contributed by atoms with Crippen molar-refractivity contribution in [3.05, 3.63) is 0 Å². The summed E-state index contributed by atoms with van der Waals surface area (Å²) >= 11 is 0. The lowest BCUT2D eigenvalue weighted by Gasteiger charge is -2.21. The van der Waals surface area contributed by atoms with E-state index in [2.05, 4.69) is 41.5 Å². The van der Waals surface area contributed by atoms with E-state index in [1.165, 1.54) is 302 Å². The lowest BCUT2D eigenvalue weighted by Crippen LogP contribution is -2.30. The zero-order chi connectivity index (χ0) is 80.6. The first kappa shape index (κ1) is 108. The van der Waals surface area contributed by atoms with E-state index in [1.54, 1.807) is 0 Å². The Morgan fingerprint density at radius 2 is 0.418 bits per heavy atom. The van der Waals surface area contributed by atoms with E-state index in [4.69, 9.17) is 37.0 Å². The van der Waals surface area contributed by atoms with Crippen molar-refractivity contribution in [3.63, 3.8) is 0 Å². The van der Waals surface area contributed by atoms with Gasteiger partial charge in [0.25, 0.3) is 0 Å². The molecule has 19 heteroatoms. The first-order valence-electron chi connectivity index (χ1n) is 47.0. The second-order valence-electron chi connectivity index (χ2n) is 33.6. The number of hydrogen-bond acceptors (Lipinski definition) is 15. The molecule has 0 saturated carbocycles. The van der Waals surface area contributed by atoms with Crippen LogP contribution in [0.3, 0.4) is 0 Å². The number of ether oxygens (including phenoxy) is 4. The Bertz CT molecular complexity index is 2100. The molecule has 0 heterocycles. The van der Waals surface area contributed by atoms with Gasteiger partial charge in [0, 0.05) is 25.7 Å². The number of carbonyl (C=O) groups is 4. The van der Waals surface area contributed by atoms with Gasteiger partial charge in [-0.2, -0.15) is 0 Å². The van der Waals surface area contributed by atoms with E-state index in [-0.39, 0.29) is 25.7 Å². The van der Waals surface area contributed by atoms with Gasteiger partial charge in [0.15, 0.2) is 12.2 Å². The quantitative estimate of drug-likeness (QED) is 0.0222. The van der Waals surface area contributed by atoms with E-state index in [9.17, 15) is 43.2 Å². The molecular formula is C91H178O17P2. The summed E-state index contributed by atoms with van der Waals surface area (Å²) in [6.45, 7) is 9.64. The summed E-state index contributed by atoms with van der Waals surface area (Å²) in [5.41, 5.74) is 0. The van der Waals surface area contributed by atoms with Crippen LogP contribution in [0.2, 0.25) is 0 Å². The Hall–Kier alpha value is -1.94. The number of aliphatic hydroxyl groups excluding tert-OH is 1. The first-order valence-corrected chi connectivity index (χ1v) is 50.0. The third-order valence-corrected chi connectivity index (χ3v) is 23.4. The minimum atomic E-state index is -4.97.